The van der Waals surface area contributed by atoms with Gasteiger partial charge in [-0.25, -0.2) is 13.1 Å². The van der Waals surface area contributed by atoms with E-state index in [9.17, 15) is 26.4 Å². The van der Waals surface area contributed by atoms with Gasteiger partial charge in [-0.15, -0.1) is 0 Å². The van der Waals surface area contributed by atoms with Gasteiger partial charge in [0.15, 0.2) is 0 Å². The van der Waals surface area contributed by atoms with Crippen LogP contribution in [0.3, 0.4) is 0 Å². The van der Waals surface area contributed by atoms with E-state index in [1.54, 1.807) is 0 Å². The van der Waals surface area contributed by atoms with Crippen LogP contribution in [0.25, 0.3) is 0 Å². The standard InChI is InChI=1S/C15H17F3N2O3S/c1-2-24(22,23)19-9-11-6-7-20(10-11)14(21)12-4-3-5-13(8-12)15(16,17)18/h2-5,8,11,19H,1,6-7,9-10H2/t11-/m1/s1. The minimum atomic E-state index is -4.51. The van der Waals surface area contributed by atoms with E-state index in [0.717, 1.165) is 17.5 Å². The SMILES string of the molecule is C=CS(=O)(=O)NC[C@H]1CCN(C(=O)c2cccc(C(F)(F)F)c2)C1. The minimum Gasteiger partial charge on any atom is -0.338 e. The minimum absolute atomic E-state index is 0.0304. The van der Waals surface area contributed by atoms with Crippen molar-refractivity contribution in [2.45, 2.75) is 12.6 Å². The second-order valence-electron chi connectivity index (χ2n) is 5.54. The average molecular weight is 362 g/mol. The fraction of sp³-hybridized carbons (Fsp3) is 0.400. The van der Waals surface area contributed by atoms with Crippen LogP contribution in [0.15, 0.2) is 36.3 Å². The van der Waals surface area contributed by atoms with Crippen LogP contribution < -0.4 is 4.72 Å². The Morgan fingerprint density at radius 3 is 2.75 bits per heavy atom. The summed E-state index contributed by atoms with van der Waals surface area (Å²) in [6.45, 7) is 3.99. The molecule has 24 heavy (non-hydrogen) atoms. The molecule has 0 spiro atoms. The van der Waals surface area contributed by atoms with Crippen LogP contribution in [0.2, 0.25) is 0 Å². The topological polar surface area (TPSA) is 66.5 Å². The molecule has 0 aromatic heterocycles. The first kappa shape index (κ1) is 18.5. The first-order chi connectivity index (χ1) is 11.1. The summed E-state index contributed by atoms with van der Waals surface area (Å²) in [7, 11) is -3.53. The molecule has 1 aromatic carbocycles. The number of amides is 1. The fourth-order valence-electron chi connectivity index (χ4n) is 2.49. The summed E-state index contributed by atoms with van der Waals surface area (Å²) in [6, 6.07) is 4.27. The van der Waals surface area contributed by atoms with E-state index in [1.807, 2.05) is 0 Å². The zero-order chi connectivity index (χ0) is 18.0. The highest BCUT2D eigenvalue weighted by molar-refractivity contribution is 7.92. The third-order valence-electron chi connectivity index (χ3n) is 3.80. The van der Waals surface area contributed by atoms with Crippen molar-refractivity contribution in [1.29, 1.82) is 0 Å². The Kier molecular flexibility index (Phi) is 5.34. The van der Waals surface area contributed by atoms with Crippen LogP contribution in [0, 0.1) is 5.92 Å². The number of nitrogens with one attached hydrogen (secondary N) is 1. The summed E-state index contributed by atoms with van der Waals surface area (Å²) >= 11 is 0. The van der Waals surface area contributed by atoms with Crippen molar-refractivity contribution in [2.75, 3.05) is 19.6 Å². The van der Waals surface area contributed by atoms with Gasteiger partial charge < -0.3 is 4.90 Å². The average Bonchev–Trinajstić information content (AvgIpc) is 3.01. The van der Waals surface area contributed by atoms with Gasteiger partial charge in [0.25, 0.3) is 5.91 Å². The Bertz CT molecular complexity index is 732. The monoisotopic (exact) mass is 362 g/mol. The van der Waals surface area contributed by atoms with E-state index in [4.69, 9.17) is 0 Å². The van der Waals surface area contributed by atoms with Crippen LogP contribution in [-0.4, -0.2) is 38.9 Å². The molecule has 0 bridgehead atoms. The van der Waals surface area contributed by atoms with Crippen molar-refractivity contribution >= 4 is 15.9 Å². The highest BCUT2D eigenvalue weighted by atomic mass is 32.2. The molecule has 0 saturated carbocycles. The van der Waals surface area contributed by atoms with E-state index in [1.165, 1.54) is 17.0 Å². The summed E-state index contributed by atoms with van der Waals surface area (Å²) in [6.07, 6.45) is -3.93. The molecule has 0 aliphatic carbocycles. The predicted molar refractivity (Wildman–Crippen MR) is 82.6 cm³/mol. The second kappa shape index (κ2) is 6.94. The number of sulfonamides is 1. The Morgan fingerprint density at radius 1 is 1.42 bits per heavy atom. The molecule has 1 N–H and O–H groups in total. The van der Waals surface area contributed by atoms with Crippen molar-refractivity contribution in [3.05, 3.63) is 47.4 Å². The smallest absolute Gasteiger partial charge is 0.338 e. The molecular weight excluding hydrogens is 345 g/mol. The van der Waals surface area contributed by atoms with Gasteiger partial charge in [-0.1, -0.05) is 12.6 Å². The zero-order valence-corrected chi connectivity index (χ0v) is 13.5. The lowest BCUT2D eigenvalue weighted by Crippen LogP contribution is -2.32. The van der Waals surface area contributed by atoms with E-state index in [-0.39, 0.29) is 24.6 Å². The number of halogens is 3. The third-order valence-corrected chi connectivity index (χ3v) is 4.81. The number of carbonyl (C=O) groups excluding carboxylic acids is 1. The lowest BCUT2D eigenvalue weighted by Gasteiger charge is -2.17. The molecular formula is C15H17F3N2O3S. The maximum Gasteiger partial charge on any atom is 0.416 e. The molecule has 1 atom stereocenters. The van der Waals surface area contributed by atoms with Gasteiger partial charge in [-0.05, 0) is 30.5 Å². The first-order valence-electron chi connectivity index (χ1n) is 7.21. The third kappa shape index (κ3) is 4.57. The predicted octanol–water partition coefficient (Wildman–Crippen LogP) is 2.23. The molecule has 9 heteroatoms. The fourth-order valence-corrected chi connectivity index (χ4v) is 3.07. The molecule has 1 saturated heterocycles. The highest BCUT2D eigenvalue weighted by Gasteiger charge is 2.32. The largest absolute Gasteiger partial charge is 0.416 e. The second-order valence-corrected chi connectivity index (χ2v) is 7.26. The summed E-state index contributed by atoms with van der Waals surface area (Å²) in [5.74, 6) is -0.579. The van der Waals surface area contributed by atoms with Gasteiger partial charge in [-0.2, -0.15) is 13.2 Å². The number of hydrogen-bond donors (Lipinski definition) is 1. The van der Waals surface area contributed by atoms with Crippen LogP contribution >= 0.6 is 0 Å². The molecule has 1 aliphatic rings. The molecule has 1 aliphatic heterocycles. The van der Waals surface area contributed by atoms with Crippen LogP contribution in [0.1, 0.15) is 22.3 Å². The number of benzene rings is 1. The van der Waals surface area contributed by atoms with E-state index < -0.39 is 27.7 Å². The van der Waals surface area contributed by atoms with Crippen molar-refractivity contribution < 1.29 is 26.4 Å². The van der Waals surface area contributed by atoms with Crippen molar-refractivity contribution in [3.8, 4) is 0 Å². The van der Waals surface area contributed by atoms with Crippen LogP contribution in [0.4, 0.5) is 13.2 Å². The van der Waals surface area contributed by atoms with Gasteiger partial charge >= 0.3 is 6.18 Å². The lowest BCUT2D eigenvalue weighted by atomic mass is 10.1. The Hall–Kier alpha value is -1.87. The summed E-state index contributed by atoms with van der Waals surface area (Å²) in [4.78, 5) is 13.8. The van der Waals surface area contributed by atoms with Crippen LogP contribution in [0.5, 0.6) is 0 Å². The van der Waals surface area contributed by atoms with Gasteiger partial charge in [0.2, 0.25) is 10.0 Å². The molecule has 0 radical (unpaired) electrons. The molecule has 2 rings (SSSR count). The molecule has 132 valence electrons. The molecule has 1 amide bonds. The highest BCUT2D eigenvalue weighted by Crippen LogP contribution is 2.30. The molecule has 0 unspecified atom stereocenters. The maximum atomic E-state index is 12.7. The molecule has 5 nitrogen and oxygen atoms in total. The lowest BCUT2D eigenvalue weighted by molar-refractivity contribution is -0.137. The Balaban J connectivity index is 2.01. The zero-order valence-electron chi connectivity index (χ0n) is 12.7. The van der Waals surface area contributed by atoms with Crippen molar-refractivity contribution in [3.63, 3.8) is 0 Å². The van der Waals surface area contributed by atoms with E-state index in [2.05, 4.69) is 11.3 Å². The van der Waals surface area contributed by atoms with Crippen molar-refractivity contribution in [2.24, 2.45) is 5.92 Å². The van der Waals surface area contributed by atoms with Crippen LogP contribution in [-0.2, 0) is 16.2 Å². The normalized spacial score (nSPS) is 18.6. The quantitative estimate of drug-likeness (QED) is 0.874. The molecule has 1 aromatic rings. The molecule has 1 heterocycles. The number of rotatable bonds is 5. The van der Waals surface area contributed by atoms with Gasteiger partial charge in [0.05, 0.1) is 5.56 Å². The first-order valence-corrected chi connectivity index (χ1v) is 8.75. The van der Waals surface area contributed by atoms with E-state index in [0.29, 0.717) is 13.0 Å². The Labute approximate surface area is 138 Å². The number of hydrogen-bond acceptors (Lipinski definition) is 3. The molecule has 1 fully saturated rings. The number of nitrogens with zero attached hydrogens (tertiary/aromatic N) is 1. The Morgan fingerprint density at radius 2 is 2.12 bits per heavy atom. The van der Waals surface area contributed by atoms with E-state index >= 15 is 0 Å². The van der Waals surface area contributed by atoms with Gasteiger partial charge in [-0.3, -0.25) is 4.79 Å². The maximum absolute atomic E-state index is 12.7. The number of likely N-dealkylation sites (tertiary alicyclic amines) is 1. The van der Waals surface area contributed by atoms with Gasteiger partial charge in [0, 0.05) is 30.6 Å². The van der Waals surface area contributed by atoms with Gasteiger partial charge in [0.1, 0.15) is 0 Å². The summed E-state index contributed by atoms with van der Waals surface area (Å²) < 4.78 is 63.1. The van der Waals surface area contributed by atoms with Crippen molar-refractivity contribution in [1.82, 2.24) is 9.62 Å². The summed E-state index contributed by atoms with van der Waals surface area (Å²) in [5.41, 5.74) is -0.903. The number of carbonyl (C=O) groups is 1. The summed E-state index contributed by atoms with van der Waals surface area (Å²) in [5, 5.41) is 0.799. The number of alkyl halides is 3.